The van der Waals surface area contributed by atoms with E-state index in [1.165, 1.54) is 0 Å². The number of unbranched alkanes of at least 4 members (excludes halogenated alkanes) is 9. The number of carboxylic acids is 2. The summed E-state index contributed by atoms with van der Waals surface area (Å²) in [4.78, 5) is 163. The van der Waals surface area contributed by atoms with Crippen LogP contribution in [0, 0.1) is 0 Å². The van der Waals surface area contributed by atoms with Crippen LogP contribution >= 0.6 is 11.6 Å². The van der Waals surface area contributed by atoms with Gasteiger partial charge in [0.05, 0.1) is 43.1 Å². The number of nitrogens with one attached hydrogen (secondary N) is 9. The minimum Gasteiger partial charge on any atom is -0.481 e. The van der Waals surface area contributed by atoms with E-state index in [0.29, 0.717) is 6.42 Å². The summed E-state index contributed by atoms with van der Waals surface area (Å²) in [6.07, 6.45) is -2.94. The lowest BCUT2D eigenvalue weighted by Crippen LogP contribution is -2.62. The van der Waals surface area contributed by atoms with Crippen molar-refractivity contribution in [2.75, 3.05) is 32.1 Å². The van der Waals surface area contributed by atoms with Crippen LogP contribution in [0.1, 0.15) is 130 Å². The fourth-order valence-corrected chi connectivity index (χ4v) is 8.58. The molecule has 85 heavy (non-hydrogen) atoms. The van der Waals surface area contributed by atoms with E-state index in [1.54, 1.807) is 0 Å². The summed E-state index contributed by atoms with van der Waals surface area (Å²) < 4.78 is 5.25. The van der Waals surface area contributed by atoms with Crippen LogP contribution in [0.2, 0.25) is 0 Å². The monoisotopic (exact) mass is 1240 g/mol. The summed E-state index contributed by atoms with van der Waals surface area (Å²) in [5.74, 6) is -18.2. The Bertz CT molecular complexity index is 2250. The van der Waals surface area contributed by atoms with E-state index in [9.17, 15) is 93.3 Å². The first-order valence-electron chi connectivity index (χ1n) is 28.3. The van der Waals surface area contributed by atoms with E-state index in [2.05, 4.69) is 44.1 Å². The number of aliphatic hydroxyl groups is 5. The number of carbonyl (C=O) groups excluding carboxylic acids is 10. The molecular formula is C52H89ClN12O20. The highest BCUT2D eigenvalue weighted by Gasteiger charge is 2.41. The van der Waals surface area contributed by atoms with Gasteiger partial charge in [0.25, 0.3) is 5.91 Å². The summed E-state index contributed by atoms with van der Waals surface area (Å²) in [5, 5.41) is 92.7. The van der Waals surface area contributed by atoms with Crippen LogP contribution in [0.5, 0.6) is 0 Å². The van der Waals surface area contributed by atoms with E-state index in [-0.39, 0.29) is 45.2 Å². The number of esters is 1. The smallest absolute Gasteiger partial charge is 0.335 e. The number of rotatable bonds is 29. The first-order valence-corrected chi connectivity index (χ1v) is 28.8. The minimum atomic E-state index is -2.85. The quantitative estimate of drug-likeness (QED) is 0.0144. The van der Waals surface area contributed by atoms with Gasteiger partial charge in [-0.2, -0.15) is 0 Å². The standard InChI is InChI=1S/C52H89ClN12O20/c1-4-6-7-8-9-10-11-12-13-17-34(67)35(68)24-37(70)57-33-26-85-52(84)40(36(69)25-53)64-50(81)41(42(73)51(82)83)65-43(74)28(5-2)58-49(80)39(27(3)66)63-46(77)31(19-22-56)60-44(75)29(16-14-15-20-54)59-47(78)32(23-38(71)72)62-45(76)30(18-21-55)61-48(33)79/h5,27,29-36,39-42,66-69,73H,4,6-26,54-56H2,1-3H3,(H,57,70)(H,58,80)(H,59,78)(H,60,75)(H,61,79)(H,62,76)(H,63,77)(H,64,81)(H,65,74)(H,71,72)(H,82,83)/b28-5-/t27-,29-,30+,31-,32-,33-,34?,35?,36?,39-,40-,41-,42-/m0/s1. The van der Waals surface area contributed by atoms with Crippen molar-refractivity contribution in [1.29, 1.82) is 0 Å². The van der Waals surface area contributed by atoms with Crippen LogP contribution in [0.4, 0.5) is 0 Å². The Labute approximate surface area is 497 Å². The van der Waals surface area contributed by atoms with Crippen LogP contribution in [-0.2, 0) is 62.3 Å². The highest BCUT2D eigenvalue weighted by molar-refractivity contribution is 6.18. The molecule has 3 unspecified atom stereocenters. The zero-order valence-electron chi connectivity index (χ0n) is 48.2. The topological polar surface area (TPSA) is 542 Å². The number of carbonyl (C=O) groups is 12. The molecule has 0 aliphatic carbocycles. The minimum absolute atomic E-state index is 0.0835. The number of aliphatic hydroxyl groups excluding tert-OH is 5. The number of alkyl halides is 1. The molecule has 0 aromatic heterocycles. The van der Waals surface area contributed by atoms with Crippen molar-refractivity contribution >= 4 is 82.7 Å². The molecule has 1 rings (SSSR count). The summed E-state index contributed by atoms with van der Waals surface area (Å²) in [6, 6.07) is -16.1. The predicted octanol–water partition coefficient (Wildman–Crippen LogP) is -5.80. The zero-order valence-corrected chi connectivity index (χ0v) is 48.9. The molecule has 1 heterocycles. The number of allylic oxidation sites excluding steroid dienone is 1. The van der Waals surface area contributed by atoms with Crippen molar-refractivity contribution in [3.8, 4) is 0 Å². The zero-order chi connectivity index (χ0) is 64.3. The summed E-state index contributed by atoms with van der Waals surface area (Å²) >= 11 is 5.85. The van der Waals surface area contributed by atoms with Gasteiger partial charge in [-0.25, -0.2) is 9.59 Å². The predicted molar refractivity (Wildman–Crippen MR) is 301 cm³/mol. The Morgan fingerprint density at radius 3 is 1.62 bits per heavy atom. The second-order valence-corrected chi connectivity index (χ2v) is 20.7. The molecule has 0 radical (unpaired) electrons. The Kier molecular flexibility index (Phi) is 37.2. The molecule has 1 aliphatic rings. The molecule has 1 saturated heterocycles. The Balaban J connectivity index is 4.01. The van der Waals surface area contributed by atoms with Gasteiger partial charge < -0.3 is 106 Å². The molecule has 1 fully saturated rings. The lowest BCUT2D eigenvalue weighted by Gasteiger charge is -2.28. The fraction of sp³-hybridized carbons (Fsp3) is 0.731. The molecule has 0 aromatic rings. The number of hydrogen-bond acceptors (Lipinski definition) is 21. The van der Waals surface area contributed by atoms with E-state index in [1.807, 2.05) is 10.6 Å². The molecule has 33 heteroatoms. The maximum absolute atomic E-state index is 14.2. The fourth-order valence-electron chi connectivity index (χ4n) is 8.40. The number of aliphatic carboxylic acids is 2. The van der Waals surface area contributed by atoms with Crippen molar-refractivity contribution in [2.24, 2.45) is 17.2 Å². The van der Waals surface area contributed by atoms with Crippen molar-refractivity contribution in [2.45, 2.75) is 209 Å². The molecule has 0 aromatic carbocycles. The van der Waals surface area contributed by atoms with Gasteiger partial charge in [-0.15, -0.1) is 11.6 Å². The lowest BCUT2D eigenvalue weighted by molar-refractivity contribution is -0.155. The molecule has 484 valence electrons. The third-order valence-corrected chi connectivity index (χ3v) is 13.7. The normalized spacial score (nSPS) is 24.6. The average Bonchev–Trinajstić information content (AvgIpc) is 3.67. The van der Waals surface area contributed by atoms with Crippen LogP contribution in [0.25, 0.3) is 0 Å². The number of amides is 9. The highest BCUT2D eigenvalue weighted by atomic mass is 35.5. The summed E-state index contributed by atoms with van der Waals surface area (Å²) in [7, 11) is 0. The van der Waals surface area contributed by atoms with Crippen molar-refractivity contribution in [3.05, 3.63) is 11.8 Å². The molecule has 22 N–H and O–H groups in total. The average molecular weight is 1240 g/mol. The molecule has 32 nitrogen and oxygen atoms in total. The third kappa shape index (κ3) is 28.4. The van der Waals surface area contributed by atoms with Gasteiger partial charge in [-0.1, -0.05) is 70.8 Å². The largest absolute Gasteiger partial charge is 0.481 e. The summed E-state index contributed by atoms with van der Waals surface area (Å²) in [5.41, 5.74) is 16.4. The van der Waals surface area contributed by atoms with Gasteiger partial charge in [0.1, 0.15) is 54.6 Å². The van der Waals surface area contributed by atoms with Gasteiger partial charge in [0, 0.05) is 0 Å². The lowest BCUT2D eigenvalue weighted by atomic mass is 10.0. The number of hydrogen-bond donors (Lipinski definition) is 19. The molecule has 0 spiro atoms. The first-order chi connectivity index (χ1) is 40.2. The van der Waals surface area contributed by atoms with E-state index < -0.39 is 194 Å². The van der Waals surface area contributed by atoms with Crippen molar-refractivity contribution in [1.82, 2.24) is 47.9 Å². The number of nitrogens with two attached hydrogens (primary N) is 3. The SMILES string of the molecule is C/C=C1\NC(=O)[C@H]([C@H](C)O)NC(=O)[C@H](CCN)NC(=O)[C@H](CCCCN)NC(=O)[C@H](CC(=O)O)NC(=O)[C@@H](CCN)NC(=O)[C@@H](NC(=O)CC(O)C(O)CCCCCCCCCCC)COC(=O)[C@H](C(O)CCl)NC(=O)[C@H]([C@H](O)C(=O)O)NC1=O. The van der Waals surface area contributed by atoms with Gasteiger partial charge in [-0.05, 0) is 72.0 Å². The number of cyclic esters (lactones) is 1. The Morgan fingerprint density at radius 2 is 1.12 bits per heavy atom. The second kappa shape index (κ2) is 41.4. The van der Waals surface area contributed by atoms with Gasteiger partial charge >= 0.3 is 17.9 Å². The summed E-state index contributed by atoms with van der Waals surface area (Å²) in [6.45, 7) is 2.48. The van der Waals surface area contributed by atoms with Crippen LogP contribution < -0.4 is 65.1 Å². The van der Waals surface area contributed by atoms with Crippen molar-refractivity contribution < 1.29 is 98.0 Å². The Hall–Kier alpha value is -6.65. The Morgan fingerprint density at radius 1 is 0.612 bits per heavy atom. The molecule has 0 bridgehead atoms. The van der Waals surface area contributed by atoms with Gasteiger partial charge in [0.15, 0.2) is 12.1 Å². The van der Waals surface area contributed by atoms with Crippen molar-refractivity contribution in [3.63, 3.8) is 0 Å². The number of ether oxygens (including phenoxy) is 1. The maximum atomic E-state index is 14.2. The molecule has 13 atom stereocenters. The molecule has 0 saturated carbocycles. The molecule has 9 amide bonds. The third-order valence-electron chi connectivity index (χ3n) is 13.3. The number of halogens is 1. The van der Waals surface area contributed by atoms with E-state index in [0.717, 1.165) is 71.3 Å². The van der Waals surface area contributed by atoms with Gasteiger partial charge in [-0.3, -0.25) is 47.9 Å². The van der Waals surface area contributed by atoms with E-state index >= 15 is 0 Å². The second-order valence-electron chi connectivity index (χ2n) is 20.3. The van der Waals surface area contributed by atoms with Gasteiger partial charge in [0.2, 0.25) is 47.3 Å². The first kappa shape index (κ1) is 76.4. The van der Waals surface area contributed by atoms with Crippen LogP contribution in [0.3, 0.4) is 0 Å². The number of carboxylic acid groups (broad SMARTS) is 2. The molecule has 1 aliphatic heterocycles. The molecular weight excluding hydrogens is 1150 g/mol. The van der Waals surface area contributed by atoms with Crippen LogP contribution in [-0.4, -0.2) is 218 Å². The highest BCUT2D eigenvalue weighted by Crippen LogP contribution is 2.15. The maximum Gasteiger partial charge on any atom is 0.335 e. The van der Waals surface area contributed by atoms with Crippen LogP contribution in [0.15, 0.2) is 11.8 Å². The van der Waals surface area contributed by atoms with E-state index in [4.69, 9.17) is 33.5 Å².